The van der Waals surface area contributed by atoms with Crippen molar-refractivity contribution in [3.05, 3.63) is 34.4 Å². The van der Waals surface area contributed by atoms with Crippen molar-refractivity contribution in [2.24, 2.45) is 5.92 Å². The molecule has 8 nitrogen and oxygen atoms in total. The summed E-state index contributed by atoms with van der Waals surface area (Å²) in [6.45, 7) is 1.05. The van der Waals surface area contributed by atoms with Gasteiger partial charge in [-0.3, -0.25) is 29.3 Å². The molecule has 1 atom stereocenters. The minimum atomic E-state index is -1.61. The molecule has 1 aliphatic heterocycles. The summed E-state index contributed by atoms with van der Waals surface area (Å²) in [5.74, 6) is -5.44. The Morgan fingerprint density at radius 1 is 1.19 bits per heavy atom. The van der Waals surface area contributed by atoms with E-state index in [9.17, 15) is 29.3 Å². The molecule has 0 aliphatic carbocycles. The van der Waals surface area contributed by atoms with E-state index in [2.05, 4.69) is 0 Å². The van der Waals surface area contributed by atoms with E-state index in [4.69, 9.17) is 0 Å². The van der Waals surface area contributed by atoms with Crippen molar-refractivity contribution >= 4 is 34.8 Å². The molecule has 9 heteroatoms. The zero-order valence-corrected chi connectivity index (χ0v) is 13.2. The van der Waals surface area contributed by atoms with Crippen molar-refractivity contribution in [1.82, 2.24) is 0 Å². The van der Waals surface area contributed by atoms with E-state index in [1.54, 1.807) is 0 Å². The van der Waals surface area contributed by atoms with Gasteiger partial charge in [-0.15, -0.1) is 0 Å². The Hall–Kier alpha value is -1.90. The first-order chi connectivity index (χ1) is 9.34. The van der Waals surface area contributed by atoms with Crippen LogP contribution in [0.5, 0.6) is 0 Å². The fourth-order valence-electron chi connectivity index (χ4n) is 1.90. The van der Waals surface area contributed by atoms with Crippen LogP contribution in [0.15, 0.2) is 24.3 Å². The number of ketones is 2. The number of benzene rings is 1. The van der Waals surface area contributed by atoms with E-state index in [-0.39, 0.29) is 40.9 Å². The maximum atomic E-state index is 11.9. The van der Waals surface area contributed by atoms with Crippen LogP contribution in [0, 0.1) is 16.0 Å². The van der Waals surface area contributed by atoms with E-state index in [0.29, 0.717) is 4.90 Å². The van der Waals surface area contributed by atoms with Crippen LogP contribution in [-0.2, 0) is 19.2 Å². The number of nitro groups is 1. The van der Waals surface area contributed by atoms with Crippen LogP contribution >= 0.6 is 0 Å². The van der Waals surface area contributed by atoms with Crippen molar-refractivity contribution < 1.29 is 53.7 Å². The molecule has 1 heterocycles. The molecule has 0 bridgehead atoms. The molecule has 21 heavy (non-hydrogen) atoms. The van der Waals surface area contributed by atoms with Gasteiger partial charge in [0.1, 0.15) is 5.78 Å². The third-order valence-corrected chi connectivity index (χ3v) is 2.87. The maximum Gasteiger partial charge on any atom is 1.00 e. The summed E-state index contributed by atoms with van der Waals surface area (Å²) < 4.78 is 0. The topological polar surface area (TPSA) is 115 Å². The Morgan fingerprint density at radius 2 is 1.71 bits per heavy atom. The van der Waals surface area contributed by atoms with Crippen LogP contribution in [0.4, 0.5) is 11.4 Å². The summed E-state index contributed by atoms with van der Waals surface area (Å²) in [5, 5.41) is 10.5. The number of nitro benzene ring substituents is 1. The maximum absolute atomic E-state index is 11.9. The normalized spacial score (nSPS) is 17.7. The average Bonchev–Trinajstić information content (AvgIpc) is 2.60. The van der Waals surface area contributed by atoms with Gasteiger partial charge in [-0.1, -0.05) is 0 Å². The molecule has 102 valence electrons. The number of hydrogen-bond acceptors (Lipinski definition) is 6. The summed E-state index contributed by atoms with van der Waals surface area (Å²) >= 11 is 0. The second-order valence-electron chi connectivity index (χ2n) is 4.16. The van der Waals surface area contributed by atoms with E-state index in [0.717, 1.165) is 19.1 Å². The van der Waals surface area contributed by atoms with Crippen LogP contribution < -0.4 is 34.5 Å². The van der Waals surface area contributed by atoms with Crippen LogP contribution in [-0.4, -0.2) is 28.3 Å². The van der Waals surface area contributed by atoms with Gasteiger partial charge in [-0.05, 0) is 19.1 Å². The van der Waals surface area contributed by atoms with Gasteiger partial charge < -0.3 is 0 Å². The van der Waals surface area contributed by atoms with E-state index in [1.807, 2.05) is 0 Å². The number of non-ortho nitro benzene ring substituents is 1. The molecule has 0 aromatic heterocycles. The summed E-state index contributed by atoms with van der Waals surface area (Å²) in [7, 11) is 0. The standard InChI is InChI=1S/C12H8N2O6.Na/c1-6(15)9-10(16)12(18)13(11(9)17)7-2-4-8(5-3-7)14(19)20;/h2-5,9H,1H3;/q;+1. The number of nitrogens with zero attached hydrogens (tertiary/aromatic N) is 2. The van der Waals surface area contributed by atoms with Crippen molar-refractivity contribution in [1.29, 1.82) is 0 Å². The van der Waals surface area contributed by atoms with Gasteiger partial charge in [-0.2, -0.15) is 0 Å². The third kappa shape index (κ3) is 2.92. The van der Waals surface area contributed by atoms with Crippen molar-refractivity contribution in [3.63, 3.8) is 0 Å². The van der Waals surface area contributed by atoms with Crippen LogP contribution in [0.2, 0.25) is 0 Å². The molecule has 0 radical (unpaired) electrons. The Morgan fingerprint density at radius 3 is 2.10 bits per heavy atom. The molecule has 1 aliphatic rings. The van der Waals surface area contributed by atoms with Crippen LogP contribution in [0.1, 0.15) is 6.92 Å². The second-order valence-corrected chi connectivity index (χ2v) is 4.16. The average molecular weight is 299 g/mol. The number of carbonyl (C=O) groups is 4. The van der Waals surface area contributed by atoms with Gasteiger partial charge in [-0.25, -0.2) is 4.90 Å². The zero-order valence-electron chi connectivity index (χ0n) is 11.2. The Labute approximate surface area is 140 Å². The largest absolute Gasteiger partial charge is 1.00 e. The van der Waals surface area contributed by atoms with Gasteiger partial charge in [0.15, 0.2) is 5.92 Å². The third-order valence-electron chi connectivity index (χ3n) is 2.87. The van der Waals surface area contributed by atoms with E-state index >= 15 is 0 Å². The first kappa shape index (κ1) is 17.2. The number of imide groups is 1. The Bertz CT molecular complexity index is 654. The van der Waals surface area contributed by atoms with Crippen molar-refractivity contribution in [2.45, 2.75) is 6.92 Å². The quantitative estimate of drug-likeness (QED) is 0.149. The fraction of sp³-hybridized carbons (Fsp3) is 0.167. The molecule has 2 rings (SSSR count). The molecule has 2 amide bonds. The number of hydrogen-bond donors (Lipinski definition) is 0. The summed E-state index contributed by atoms with van der Waals surface area (Å²) in [5.41, 5.74) is -0.204. The molecule has 0 saturated carbocycles. The van der Waals surface area contributed by atoms with Crippen molar-refractivity contribution in [3.8, 4) is 0 Å². The van der Waals surface area contributed by atoms with Gasteiger partial charge in [0.2, 0.25) is 5.78 Å². The number of Topliss-reactive ketones (excluding diaryl/α,β-unsaturated/α-hetero) is 2. The summed E-state index contributed by atoms with van der Waals surface area (Å²) in [4.78, 5) is 56.9. The summed E-state index contributed by atoms with van der Waals surface area (Å²) in [6, 6.07) is 4.54. The molecule has 1 aromatic carbocycles. The second kappa shape index (κ2) is 6.25. The van der Waals surface area contributed by atoms with E-state index in [1.165, 1.54) is 12.1 Å². The number of carbonyl (C=O) groups excluding carboxylic acids is 4. The van der Waals surface area contributed by atoms with Gasteiger partial charge in [0.05, 0.1) is 10.6 Å². The molecule has 0 N–H and O–H groups in total. The first-order valence-corrected chi connectivity index (χ1v) is 5.51. The fourth-order valence-corrected chi connectivity index (χ4v) is 1.90. The number of anilines is 1. The minimum absolute atomic E-state index is 0. The first-order valence-electron chi connectivity index (χ1n) is 5.51. The SMILES string of the molecule is CC(=O)C1C(=O)C(=O)N(c2ccc([N+](=O)[O-])cc2)C1=O.[Na+]. The Balaban J connectivity index is 0.00000220. The number of rotatable bonds is 3. The molecule has 0 spiro atoms. The molecule has 1 saturated heterocycles. The smallest absolute Gasteiger partial charge is 0.299 e. The van der Waals surface area contributed by atoms with Gasteiger partial charge in [0, 0.05) is 12.1 Å². The number of amides is 2. The summed E-state index contributed by atoms with van der Waals surface area (Å²) in [6.07, 6.45) is 0. The zero-order chi connectivity index (χ0) is 15.0. The Kier molecular flexibility index (Phi) is 5.10. The minimum Gasteiger partial charge on any atom is -0.299 e. The molecular weight excluding hydrogens is 291 g/mol. The van der Waals surface area contributed by atoms with Gasteiger partial charge in [0.25, 0.3) is 11.6 Å². The van der Waals surface area contributed by atoms with Crippen LogP contribution in [0.25, 0.3) is 0 Å². The van der Waals surface area contributed by atoms with Crippen LogP contribution in [0.3, 0.4) is 0 Å². The van der Waals surface area contributed by atoms with Gasteiger partial charge >= 0.3 is 35.5 Å². The predicted octanol–water partition coefficient (Wildman–Crippen LogP) is -2.75. The molecule has 1 aromatic rings. The van der Waals surface area contributed by atoms with Crippen molar-refractivity contribution in [2.75, 3.05) is 4.90 Å². The monoisotopic (exact) mass is 299 g/mol. The molecule has 1 unspecified atom stereocenters. The molecular formula is C12H8N2NaO6+. The van der Waals surface area contributed by atoms with E-state index < -0.39 is 34.2 Å². The predicted molar refractivity (Wildman–Crippen MR) is 64.8 cm³/mol. The molecule has 1 fully saturated rings.